The molecule has 0 bridgehead atoms. The first kappa shape index (κ1) is 22.7. The van der Waals surface area contributed by atoms with Gasteiger partial charge >= 0.3 is 0 Å². The van der Waals surface area contributed by atoms with E-state index in [1.807, 2.05) is 25.1 Å². The van der Waals surface area contributed by atoms with Crippen LogP contribution in [0.1, 0.15) is 11.3 Å². The molecule has 0 saturated carbocycles. The van der Waals surface area contributed by atoms with Crippen molar-refractivity contribution in [3.05, 3.63) is 52.9 Å². The van der Waals surface area contributed by atoms with E-state index >= 15 is 0 Å². The van der Waals surface area contributed by atoms with Crippen LogP contribution in [0.25, 0.3) is 17.0 Å². The van der Waals surface area contributed by atoms with Gasteiger partial charge in [-0.1, -0.05) is 29.8 Å². The van der Waals surface area contributed by atoms with Crippen LogP contribution in [0.4, 0.5) is 5.69 Å². The van der Waals surface area contributed by atoms with E-state index in [1.54, 1.807) is 30.1 Å². The van der Waals surface area contributed by atoms with Crippen LogP contribution in [0.2, 0.25) is 5.15 Å². The fourth-order valence-corrected chi connectivity index (χ4v) is 5.20. The number of fused-ring (bicyclic) bond motifs is 1. The third-order valence-electron chi connectivity index (χ3n) is 5.22. The van der Waals surface area contributed by atoms with Crippen LogP contribution >= 0.6 is 24.0 Å². The Labute approximate surface area is 187 Å². The lowest BCUT2D eigenvalue weighted by Crippen LogP contribution is -2.43. The van der Waals surface area contributed by atoms with Crippen molar-refractivity contribution in [3.63, 3.8) is 0 Å². The Morgan fingerprint density at radius 2 is 1.97 bits per heavy atom. The van der Waals surface area contributed by atoms with Crippen molar-refractivity contribution in [2.45, 2.75) is 6.92 Å². The number of anilines is 1. The summed E-state index contributed by atoms with van der Waals surface area (Å²) in [5.41, 5.74) is 3.28. The Morgan fingerprint density at radius 3 is 2.63 bits per heavy atom. The minimum Gasteiger partial charge on any atom is -0.368 e. The summed E-state index contributed by atoms with van der Waals surface area (Å²) in [5.74, 6) is -0.126. The summed E-state index contributed by atoms with van der Waals surface area (Å²) >= 11 is 6.22. The number of hydrogen-bond donors (Lipinski definition) is 1. The number of aromatic nitrogens is 3. The standard InChI is InChI=1S/C20H24ClN5O2S.ClH/c1-15-16(20(21)24(2)23-15)5-4-14-29(27,28)26-11-8-17-18(6-3-7-19(17)26)25-12-9-22-10-13-25;/h3-8,11,22H,9-10,12-14H2,1-2H3;1H. The van der Waals surface area contributed by atoms with Crippen LogP contribution in [0.3, 0.4) is 0 Å². The molecule has 3 aromatic rings. The Morgan fingerprint density at radius 1 is 1.23 bits per heavy atom. The molecule has 1 fully saturated rings. The van der Waals surface area contributed by atoms with Gasteiger partial charge in [0.05, 0.1) is 17.0 Å². The average Bonchev–Trinajstić information content (AvgIpc) is 3.25. The van der Waals surface area contributed by atoms with Gasteiger partial charge in [-0.25, -0.2) is 12.4 Å². The van der Waals surface area contributed by atoms with E-state index < -0.39 is 10.0 Å². The second-order valence-electron chi connectivity index (χ2n) is 7.15. The van der Waals surface area contributed by atoms with Crippen LogP contribution in [0, 0.1) is 6.92 Å². The third-order valence-corrected chi connectivity index (χ3v) is 7.20. The van der Waals surface area contributed by atoms with Gasteiger partial charge in [0.15, 0.2) is 0 Å². The zero-order valence-corrected chi connectivity index (χ0v) is 19.3. The Kier molecular flexibility index (Phi) is 6.81. The highest BCUT2D eigenvalue weighted by molar-refractivity contribution is 7.90. The molecule has 1 aliphatic rings. The summed E-state index contributed by atoms with van der Waals surface area (Å²) in [6.45, 7) is 5.51. The number of benzene rings is 1. The summed E-state index contributed by atoms with van der Waals surface area (Å²) in [4.78, 5) is 2.29. The smallest absolute Gasteiger partial charge is 0.242 e. The first-order valence-electron chi connectivity index (χ1n) is 9.53. The van der Waals surface area contributed by atoms with Crippen molar-refractivity contribution in [2.24, 2.45) is 7.05 Å². The van der Waals surface area contributed by atoms with Crippen molar-refractivity contribution in [1.82, 2.24) is 19.1 Å². The zero-order chi connectivity index (χ0) is 20.6. The van der Waals surface area contributed by atoms with Gasteiger partial charge in [0.1, 0.15) is 5.15 Å². The van der Waals surface area contributed by atoms with E-state index in [0.29, 0.717) is 10.7 Å². The summed E-state index contributed by atoms with van der Waals surface area (Å²) in [5, 5.41) is 9.02. The molecule has 0 unspecified atom stereocenters. The fraction of sp³-hybridized carbons (Fsp3) is 0.350. The summed E-state index contributed by atoms with van der Waals surface area (Å²) in [6.07, 6.45) is 4.99. The molecule has 10 heteroatoms. The van der Waals surface area contributed by atoms with Gasteiger partial charge in [-0.05, 0) is 25.1 Å². The molecule has 0 radical (unpaired) electrons. The first-order valence-corrected chi connectivity index (χ1v) is 11.5. The molecule has 0 atom stereocenters. The van der Waals surface area contributed by atoms with Gasteiger partial charge in [0.2, 0.25) is 10.0 Å². The first-order chi connectivity index (χ1) is 13.9. The molecular formula is C20H25Cl2N5O2S. The number of aryl methyl sites for hydroxylation is 2. The maximum Gasteiger partial charge on any atom is 0.242 e. The number of nitrogens with one attached hydrogen (secondary N) is 1. The molecule has 4 rings (SSSR count). The second kappa shape index (κ2) is 9.01. The average molecular weight is 470 g/mol. The van der Waals surface area contributed by atoms with Crippen LogP contribution < -0.4 is 10.2 Å². The summed E-state index contributed by atoms with van der Waals surface area (Å²) in [7, 11) is -1.80. The van der Waals surface area contributed by atoms with E-state index in [2.05, 4.69) is 21.4 Å². The van der Waals surface area contributed by atoms with Gasteiger partial charge in [-0.15, -0.1) is 12.4 Å². The Hall–Kier alpha value is -2.00. The largest absolute Gasteiger partial charge is 0.368 e. The summed E-state index contributed by atoms with van der Waals surface area (Å²) < 4.78 is 28.9. The quantitative estimate of drug-likeness (QED) is 0.621. The lowest BCUT2D eigenvalue weighted by atomic mass is 10.2. The Balaban J connectivity index is 0.00000256. The molecule has 162 valence electrons. The monoisotopic (exact) mass is 469 g/mol. The number of halogens is 2. The number of hydrogen-bond acceptors (Lipinski definition) is 5. The van der Waals surface area contributed by atoms with E-state index in [-0.39, 0.29) is 18.2 Å². The lowest BCUT2D eigenvalue weighted by molar-refractivity contribution is 0.590. The molecule has 7 nitrogen and oxygen atoms in total. The van der Waals surface area contributed by atoms with E-state index in [0.717, 1.165) is 48.5 Å². The number of nitrogens with zero attached hydrogens (tertiary/aromatic N) is 4. The van der Waals surface area contributed by atoms with Crippen molar-refractivity contribution >= 4 is 56.7 Å². The van der Waals surface area contributed by atoms with Crippen molar-refractivity contribution in [3.8, 4) is 0 Å². The van der Waals surface area contributed by atoms with Gasteiger partial charge in [0.25, 0.3) is 0 Å². The second-order valence-corrected chi connectivity index (χ2v) is 9.40. The van der Waals surface area contributed by atoms with Crippen LogP contribution in [0.15, 0.2) is 36.5 Å². The highest BCUT2D eigenvalue weighted by Crippen LogP contribution is 2.29. The normalized spacial score (nSPS) is 15.1. The summed E-state index contributed by atoms with van der Waals surface area (Å²) in [6, 6.07) is 7.71. The van der Waals surface area contributed by atoms with Crippen molar-refractivity contribution in [2.75, 3.05) is 36.8 Å². The SMILES string of the molecule is Cc1nn(C)c(Cl)c1C=CCS(=O)(=O)n1ccc2c(N3CCNCC3)cccc21.Cl. The van der Waals surface area contributed by atoms with Crippen LogP contribution in [0.5, 0.6) is 0 Å². The van der Waals surface area contributed by atoms with Crippen LogP contribution in [-0.4, -0.2) is 54.1 Å². The van der Waals surface area contributed by atoms with Gasteiger partial charge in [-0.2, -0.15) is 5.10 Å². The highest BCUT2D eigenvalue weighted by Gasteiger charge is 2.19. The highest BCUT2D eigenvalue weighted by atomic mass is 35.5. The lowest BCUT2D eigenvalue weighted by Gasteiger charge is -2.30. The molecule has 1 aliphatic heterocycles. The van der Waals surface area contributed by atoms with E-state index in [9.17, 15) is 8.42 Å². The minimum absolute atomic E-state index is 0. The molecule has 1 N–H and O–H groups in total. The molecule has 1 saturated heterocycles. The molecular weight excluding hydrogens is 445 g/mol. The maximum atomic E-state index is 13.0. The fourth-order valence-electron chi connectivity index (χ4n) is 3.75. The third kappa shape index (κ3) is 4.23. The van der Waals surface area contributed by atoms with Crippen LogP contribution in [-0.2, 0) is 17.1 Å². The predicted molar refractivity (Wildman–Crippen MR) is 125 cm³/mol. The van der Waals surface area contributed by atoms with Gasteiger partial charge < -0.3 is 10.2 Å². The van der Waals surface area contributed by atoms with E-state index in [1.165, 1.54) is 3.97 Å². The van der Waals surface area contributed by atoms with Crippen molar-refractivity contribution in [1.29, 1.82) is 0 Å². The predicted octanol–water partition coefficient (Wildman–Crippen LogP) is 3.06. The molecule has 3 heterocycles. The molecule has 0 aliphatic carbocycles. The molecule has 1 aromatic carbocycles. The Bertz CT molecular complexity index is 1180. The van der Waals surface area contributed by atoms with Crippen molar-refractivity contribution < 1.29 is 8.42 Å². The van der Waals surface area contributed by atoms with E-state index in [4.69, 9.17) is 11.6 Å². The topological polar surface area (TPSA) is 72.2 Å². The molecule has 0 amide bonds. The van der Waals surface area contributed by atoms with Gasteiger partial charge in [0, 0.05) is 56.1 Å². The molecule has 30 heavy (non-hydrogen) atoms. The molecule has 2 aromatic heterocycles. The minimum atomic E-state index is -3.55. The maximum absolute atomic E-state index is 13.0. The molecule has 0 spiro atoms. The number of piperazine rings is 1. The zero-order valence-electron chi connectivity index (χ0n) is 16.9. The van der Waals surface area contributed by atoms with Gasteiger partial charge in [-0.3, -0.25) is 4.68 Å². The number of rotatable bonds is 5.